The molecule has 0 fully saturated rings. The van der Waals surface area contributed by atoms with Gasteiger partial charge in [0, 0.05) is 13.7 Å². The maximum Gasteiger partial charge on any atom is 0.133 e. The van der Waals surface area contributed by atoms with Crippen LogP contribution >= 0.6 is 0 Å². The van der Waals surface area contributed by atoms with Gasteiger partial charge < -0.3 is 14.2 Å². The Morgan fingerprint density at radius 1 is 0.955 bits per heavy atom. The van der Waals surface area contributed by atoms with E-state index in [0.29, 0.717) is 0 Å². The molecule has 2 aromatic rings. The summed E-state index contributed by atoms with van der Waals surface area (Å²) in [5.74, 6) is 1.71. The molecule has 0 radical (unpaired) electrons. The van der Waals surface area contributed by atoms with E-state index in [1.165, 1.54) is 0 Å². The topological polar surface area (TPSA) is 39.7 Å². The third kappa shape index (κ3) is 4.23. The Morgan fingerprint density at radius 2 is 1.73 bits per heavy atom. The van der Waals surface area contributed by atoms with Crippen LogP contribution in [-0.2, 0) is 11.2 Å². The molecule has 1 unspecified atom stereocenters. The van der Waals surface area contributed by atoms with Crippen LogP contribution in [0.2, 0.25) is 0 Å². The fraction of sp³-hybridized carbons (Fsp3) is 0.333. The van der Waals surface area contributed by atoms with Crippen LogP contribution in [-0.4, -0.2) is 27.9 Å². The highest BCUT2D eigenvalue weighted by atomic mass is 16.5. The SMILES string of the molecule is COc1ccc(OC)c(CCNC(OC)c2ccccc2)c1. The van der Waals surface area contributed by atoms with Crippen LogP contribution in [0.3, 0.4) is 0 Å². The van der Waals surface area contributed by atoms with Gasteiger partial charge in [-0.1, -0.05) is 30.3 Å². The van der Waals surface area contributed by atoms with Gasteiger partial charge in [0.1, 0.15) is 17.7 Å². The molecule has 1 atom stereocenters. The van der Waals surface area contributed by atoms with Gasteiger partial charge in [-0.3, -0.25) is 5.32 Å². The fourth-order valence-corrected chi connectivity index (χ4v) is 2.38. The van der Waals surface area contributed by atoms with Gasteiger partial charge in [0.15, 0.2) is 0 Å². The van der Waals surface area contributed by atoms with Crippen LogP contribution in [0.5, 0.6) is 11.5 Å². The first kappa shape index (κ1) is 16.3. The van der Waals surface area contributed by atoms with Gasteiger partial charge in [0.25, 0.3) is 0 Å². The number of nitrogens with one attached hydrogen (secondary N) is 1. The van der Waals surface area contributed by atoms with Gasteiger partial charge in [0.2, 0.25) is 0 Å². The minimum atomic E-state index is -0.113. The first-order chi connectivity index (χ1) is 10.8. The molecule has 0 amide bonds. The summed E-state index contributed by atoms with van der Waals surface area (Å²) >= 11 is 0. The summed E-state index contributed by atoms with van der Waals surface area (Å²) < 4.78 is 16.2. The van der Waals surface area contributed by atoms with Crippen LogP contribution in [0.4, 0.5) is 0 Å². The smallest absolute Gasteiger partial charge is 0.133 e. The van der Waals surface area contributed by atoms with Gasteiger partial charge in [-0.2, -0.15) is 0 Å². The average Bonchev–Trinajstić information content (AvgIpc) is 2.59. The number of hydrogen-bond acceptors (Lipinski definition) is 4. The Bertz CT molecular complexity index is 572. The second kappa shape index (κ2) is 8.41. The van der Waals surface area contributed by atoms with Gasteiger partial charge in [-0.25, -0.2) is 0 Å². The average molecular weight is 301 g/mol. The number of rotatable bonds is 8. The molecule has 4 heteroatoms. The van der Waals surface area contributed by atoms with Crippen molar-refractivity contribution >= 4 is 0 Å². The van der Waals surface area contributed by atoms with Crippen molar-refractivity contribution in [1.29, 1.82) is 0 Å². The lowest BCUT2D eigenvalue weighted by Gasteiger charge is -2.18. The molecule has 0 aliphatic heterocycles. The minimum Gasteiger partial charge on any atom is -0.497 e. The molecule has 0 spiro atoms. The molecular formula is C18H23NO3. The first-order valence-electron chi connectivity index (χ1n) is 7.30. The molecule has 0 aliphatic rings. The maximum atomic E-state index is 5.51. The molecule has 4 nitrogen and oxygen atoms in total. The third-order valence-electron chi connectivity index (χ3n) is 3.55. The Labute approximate surface area is 132 Å². The predicted molar refractivity (Wildman–Crippen MR) is 87.4 cm³/mol. The molecule has 2 rings (SSSR count). The van der Waals surface area contributed by atoms with E-state index in [9.17, 15) is 0 Å². The molecule has 0 bridgehead atoms. The van der Waals surface area contributed by atoms with Crippen molar-refractivity contribution in [2.45, 2.75) is 12.6 Å². The van der Waals surface area contributed by atoms with Crippen molar-refractivity contribution in [2.75, 3.05) is 27.9 Å². The molecule has 0 aliphatic carbocycles. The zero-order valence-corrected chi connectivity index (χ0v) is 13.3. The second-order valence-electron chi connectivity index (χ2n) is 4.91. The molecule has 2 aromatic carbocycles. The van der Waals surface area contributed by atoms with Gasteiger partial charge in [-0.15, -0.1) is 0 Å². The van der Waals surface area contributed by atoms with Crippen molar-refractivity contribution in [1.82, 2.24) is 5.32 Å². The van der Waals surface area contributed by atoms with Crippen LogP contribution < -0.4 is 14.8 Å². The minimum absolute atomic E-state index is 0.113. The first-order valence-corrected chi connectivity index (χ1v) is 7.30. The highest BCUT2D eigenvalue weighted by Gasteiger charge is 2.10. The van der Waals surface area contributed by atoms with Crippen molar-refractivity contribution in [2.24, 2.45) is 0 Å². The molecule has 118 valence electrons. The van der Waals surface area contributed by atoms with E-state index < -0.39 is 0 Å². The zero-order valence-electron chi connectivity index (χ0n) is 13.3. The van der Waals surface area contributed by atoms with Gasteiger partial charge in [-0.05, 0) is 35.7 Å². The van der Waals surface area contributed by atoms with Gasteiger partial charge >= 0.3 is 0 Å². The number of benzene rings is 2. The maximum absolute atomic E-state index is 5.51. The van der Waals surface area contributed by atoms with E-state index in [1.807, 2.05) is 48.5 Å². The fourth-order valence-electron chi connectivity index (χ4n) is 2.38. The highest BCUT2D eigenvalue weighted by molar-refractivity contribution is 5.40. The molecule has 0 aromatic heterocycles. The lowest BCUT2D eigenvalue weighted by Crippen LogP contribution is -2.25. The van der Waals surface area contributed by atoms with E-state index in [2.05, 4.69) is 5.32 Å². The largest absolute Gasteiger partial charge is 0.497 e. The quantitative estimate of drug-likeness (QED) is 0.760. The van der Waals surface area contributed by atoms with Crippen molar-refractivity contribution in [3.63, 3.8) is 0 Å². The Kier molecular flexibility index (Phi) is 6.25. The normalized spacial score (nSPS) is 12.0. The van der Waals surface area contributed by atoms with Crippen LogP contribution in [0.25, 0.3) is 0 Å². The second-order valence-corrected chi connectivity index (χ2v) is 4.91. The van der Waals surface area contributed by atoms with E-state index >= 15 is 0 Å². The van der Waals surface area contributed by atoms with Crippen LogP contribution in [0.1, 0.15) is 17.4 Å². The summed E-state index contributed by atoms with van der Waals surface area (Å²) in [6.07, 6.45) is 0.713. The summed E-state index contributed by atoms with van der Waals surface area (Å²) in [7, 11) is 5.05. The van der Waals surface area contributed by atoms with E-state index in [-0.39, 0.29) is 6.23 Å². The Balaban J connectivity index is 1.98. The molecule has 0 saturated carbocycles. The van der Waals surface area contributed by atoms with E-state index in [1.54, 1.807) is 21.3 Å². The molecule has 0 saturated heterocycles. The van der Waals surface area contributed by atoms with Crippen LogP contribution in [0.15, 0.2) is 48.5 Å². The monoisotopic (exact) mass is 301 g/mol. The van der Waals surface area contributed by atoms with Gasteiger partial charge in [0.05, 0.1) is 14.2 Å². The number of hydrogen-bond donors (Lipinski definition) is 1. The highest BCUT2D eigenvalue weighted by Crippen LogP contribution is 2.24. The summed E-state index contributed by atoms with van der Waals surface area (Å²) in [6, 6.07) is 15.9. The number of ether oxygens (including phenoxy) is 3. The van der Waals surface area contributed by atoms with E-state index in [0.717, 1.165) is 35.6 Å². The van der Waals surface area contributed by atoms with Crippen molar-refractivity contribution in [3.8, 4) is 11.5 Å². The number of methoxy groups -OCH3 is 3. The Hall–Kier alpha value is -2.04. The molecular weight excluding hydrogens is 278 g/mol. The van der Waals surface area contributed by atoms with Crippen molar-refractivity contribution in [3.05, 3.63) is 59.7 Å². The van der Waals surface area contributed by atoms with Crippen LogP contribution in [0, 0.1) is 0 Å². The molecule has 0 heterocycles. The molecule has 22 heavy (non-hydrogen) atoms. The van der Waals surface area contributed by atoms with Crippen molar-refractivity contribution < 1.29 is 14.2 Å². The third-order valence-corrected chi connectivity index (χ3v) is 3.55. The Morgan fingerprint density at radius 3 is 2.36 bits per heavy atom. The summed E-state index contributed by atoms with van der Waals surface area (Å²) in [5.41, 5.74) is 2.22. The summed E-state index contributed by atoms with van der Waals surface area (Å²) in [4.78, 5) is 0. The standard InChI is InChI=1S/C18H23NO3/c1-20-16-9-10-17(21-2)15(13-16)11-12-19-18(22-3)14-7-5-4-6-8-14/h4-10,13,18-19H,11-12H2,1-3H3. The summed E-state index contributed by atoms with van der Waals surface area (Å²) in [6.45, 7) is 0.775. The molecule has 1 N–H and O–H groups in total. The van der Waals surface area contributed by atoms with E-state index in [4.69, 9.17) is 14.2 Å². The predicted octanol–water partition coefficient (Wildman–Crippen LogP) is 3.18. The zero-order chi connectivity index (χ0) is 15.8. The lowest BCUT2D eigenvalue weighted by molar-refractivity contribution is 0.0743. The lowest BCUT2D eigenvalue weighted by atomic mass is 10.1. The summed E-state index contributed by atoms with van der Waals surface area (Å²) in [5, 5.41) is 3.40.